The number of ether oxygens (including phenoxy) is 1. The number of carbonyl (C=O) groups is 1. The molecule has 1 saturated carbocycles. The van der Waals surface area contributed by atoms with Crippen molar-refractivity contribution in [3.05, 3.63) is 35.6 Å². The van der Waals surface area contributed by atoms with E-state index in [9.17, 15) is 9.18 Å². The molecule has 0 aromatic heterocycles. The summed E-state index contributed by atoms with van der Waals surface area (Å²) in [5, 5.41) is 0. The summed E-state index contributed by atoms with van der Waals surface area (Å²) in [5.74, 6) is 1.07. The van der Waals surface area contributed by atoms with E-state index in [1.165, 1.54) is 6.07 Å². The fraction of sp³-hybridized carbons (Fsp3) is 0.650. The topological polar surface area (TPSA) is 29.5 Å². The number of amides is 1. The molecule has 2 aliphatic heterocycles. The van der Waals surface area contributed by atoms with E-state index in [4.69, 9.17) is 4.74 Å². The molecule has 1 spiro atoms. The van der Waals surface area contributed by atoms with Crippen LogP contribution in [0.3, 0.4) is 0 Å². The van der Waals surface area contributed by atoms with Crippen molar-refractivity contribution >= 4 is 5.91 Å². The van der Waals surface area contributed by atoms with Crippen LogP contribution in [0.2, 0.25) is 0 Å². The lowest BCUT2D eigenvalue weighted by Gasteiger charge is -2.46. The van der Waals surface area contributed by atoms with E-state index >= 15 is 0 Å². The second-order valence-electron chi connectivity index (χ2n) is 7.82. The van der Waals surface area contributed by atoms with Gasteiger partial charge in [-0.15, -0.1) is 0 Å². The van der Waals surface area contributed by atoms with Crippen molar-refractivity contribution in [3.8, 4) is 0 Å². The van der Waals surface area contributed by atoms with Crippen molar-refractivity contribution in [3.63, 3.8) is 0 Å². The number of piperidine rings is 1. The van der Waals surface area contributed by atoms with Gasteiger partial charge in [-0.2, -0.15) is 0 Å². The van der Waals surface area contributed by atoms with E-state index in [1.807, 2.05) is 11.0 Å². The molecule has 0 radical (unpaired) electrons. The number of benzene rings is 1. The van der Waals surface area contributed by atoms with Crippen LogP contribution < -0.4 is 0 Å². The van der Waals surface area contributed by atoms with Crippen LogP contribution in [0.4, 0.5) is 4.39 Å². The van der Waals surface area contributed by atoms with Crippen LogP contribution in [-0.4, -0.2) is 36.1 Å². The van der Waals surface area contributed by atoms with Gasteiger partial charge in [-0.3, -0.25) is 4.79 Å². The van der Waals surface area contributed by atoms with Crippen molar-refractivity contribution in [1.29, 1.82) is 0 Å². The van der Waals surface area contributed by atoms with Crippen LogP contribution in [0.1, 0.15) is 44.1 Å². The SMILES string of the molecule is O=C(C1CC1)N1CCC2(CC1)CC(Cc1cccc(F)c1)CCO2. The Balaban J connectivity index is 1.35. The standard InChI is InChI=1S/C20H26FNO2/c21-18-3-1-2-15(13-18)12-16-6-11-24-20(14-16)7-9-22(10-8-20)19(23)17-4-5-17/h1-3,13,16-17H,4-12,14H2. The highest BCUT2D eigenvalue weighted by Gasteiger charge is 2.43. The molecule has 1 unspecified atom stereocenters. The van der Waals surface area contributed by atoms with Crippen LogP contribution in [0.5, 0.6) is 0 Å². The van der Waals surface area contributed by atoms with Gasteiger partial charge in [0.05, 0.1) is 5.60 Å². The first-order valence-corrected chi connectivity index (χ1v) is 9.31. The molecular formula is C20H26FNO2. The number of hydrogen-bond acceptors (Lipinski definition) is 2. The largest absolute Gasteiger partial charge is 0.375 e. The fourth-order valence-corrected chi connectivity index (χ4v) is 4.37. The maximum atomic E-state index is 13.4. The summed E-state index contributed by atoms with van der Waals surface area (Å²) in [4.78, 5) is 14.3. The molecule has 4 heteroatoms. The predicted molar refractivity (Wildman–Crippen MR) is 90.0 cm³/mol. The van der Waals surface area contributed by atoms with Gasteiger partial charge in [-0.05, 0) is 68.6 Å². The Bertz CT molecular complexity index is 605. The second kappa shape index (κ2) is 6.47. The molecule has 2 saturated heterocycles. The van der Waals surface area contributed by atoms with Crippen molar-refractivity contribution in [2.45, 2.75) is 50.5 Å². The summed E-state index contributed by atoms with van der Waals surface area (Å²) in [7, 11) is 0. The Morgan fingerprint density at radius 1 is 1.25 bits per heavy atom. The average molecular weight is 331 g/mol. The number of rotatable bonds is 3. The van der Waals surface area contributed by atoms with Crippen LogP contribution in [0.15, 0.2) is 24.3 Å². The van der Waals surface area contributed by atoms with E-state index in [1.54, 1.807) is 12.1 Å². The van der Waals surface area contributed by atoms with E-state index in [0.29, 0.717) is 17.7 Å². The summed E-state index contributed by atoms with van der Waals surface area (Å²) in [6.07, 6.45) is 7.06. The zero-order chi connectivity index (χ0) is 16.6. The minimum Gasteiger partial charge on any atom is -0.375 e. The average Bonchev–Trinajstić information content (AvgIpc) is 3.40. The molecule has 1 aromatic carbocycles. The van der Waals surface area contributed by atoms with E-state index in [-0.39, 0.29) is 11.4 Å². The highest BCUT2D eigenvalue weighted by molar-refractivity contribution is 5.81. The summed E-state index contributed by atoms with van der Waals surface area (Å²) in [5.41, 5.74) is 1.02. The Labute approximate surface area is 143 Å². The lowest BCUT2D eigenvalue weighted by atomic mass is 9.77. The van der Waals surface area contributed by atoms with E-state index in [2.05, 4.69) is 0 Å². The van der Waals surface area contributed by atoms with Crippen molar-refractivity contribution < 1.29 is 13.9 Å². The van der Waals surface area contributed by atoms with Crippen molar-refractivity contribution in [2.75, 3.05) is 19.7 Å². The van der Waals surface area contributed by atoms with Crippen LogP contribution in [0.25, 0.3) is 0 Å². The molecule has 3 fully saturated rings. The van der Waals surface area contributed by atoms with Crippen molar-refractivity contribution in [1.82, 2.24) is 4.90 Å². The van der Waals surface area contributed by atoms with Gasteiger partial charge < -0.3 is 9.64 Å². The molecule has 4 rings (SSSR count). The Hall–Kier alpha value is -1.42. The smallest absolute Gasteiger partial charge is 0.225 e. The predicted octanol–water partition coefficient (Wildman–Crippen LogP) is 3.57. The molecule has 2 heterocycles. The molecule has 130 valence electrons. The van der Waals surface area contributed by atoms with Crippen LogP contribution >= 0.6 is 0 Å². The first-order valence-electron chi connectivity index (χ1n) is 9.31. The highest BCUT2D eigenvalue weighted by Crippen LogP contribution is 2.40. The number of hydrogen-bond donors (Lipinski definition) is 0. The molecule has 1 amide bonds. The monoisotopic (exact) mass is 331 g/mol. The first kappa shape index (κ1) is 16.1. The molecule has 24 heavy (non-hydrogen) atoms. The van der Waals surface area contributed by atoms with Gasteiger partial charge in [-0.1, -0.05) is 12.1 Å². The van der Waals surface area contributed by atoms with Crippen LogP contribution in [-0.2, 0) is 16.0 Å². The summed E-state index contributed by atoms with van der Waals surface area (Å²) >= 11 is 0. The number of likely N-dealkylation sites (tertiary alicyclic amines) is 1. The Morgan fingerprint density at radius 3 is 2.75 bits per heavy atom. The molecule has 1 atom stereocenters. The molecule has 0 N–H and O–H groups in total. The zero-order valence-electron chi connectivity index (χ0n) is 14.2. The summed E-state index contributed by atoms with van der Waals surface area (Å²) in [6, 6.07) is 6.96. The Kier molecular flexibility index (Phi) is 4.33. The van der Waals surface area contributed by atoms with Gasteiger partial charge in [0.25, 0.3) is 0 Å². The lowest BCUT2D eigenvalue weighted by molar-refractivity contribution is -0.148. The van der Waals surface area contributed by atoms with Gasteiger partial charge in [0.1, 0.15) is 5.82 Å². The third-order valence-corrected chi connectivity index (χ3v) is 5.92. The molecular weight excluding hydrogens is 305 g/mol. The minimum atomic E-state index is -0.152. The van der Waals surface area contributed by atoms with Gasteiger partial charge in [0.15, 0.2) is 0 Å². The number of halogens is 1. The third-order valence-electron chi connectivity index (χ3n) is 5.92. The zero-order valence-corrected chi connectivity index (χ0v) is 14.2. The fourth-order valence-electron chi connectivity index (χ4n) is 4.37. The van der Waals surface area contributed by atoms with Crippen molar-refractivity contribution in [2.24, 2.45) is 11.8 Å². The molecule has 1 aromatic rings. The molecule has 3 aliphatic rings. The lowest BCUT2D eigenvalue weighted by Crippen LogP contribution is -2.51. The van der Waals surface area contributed by atoms with Gasteiger partial charge in [0, 0.05) is 25.6 Å². The second-order valence-corrected chi connectivity index (χ2v) is 7.82. The maximum absolute atomic E-state index is 13.4. The van der Waals surface area contributed by atoms with Gasteiger partial charge in [-0.25, -0.2) is 4.39 Å². The van der Waals surface area contributed by atoms with Gasteiger partial charge >= 0.3 is 0 Å². The number of nitrogens with zero attached hydrogens (tertiary/aromatic N) is 1. The maximum Gasteiger partial charge on any atom is 0.225 e. The first-order chi connectivity index (χ1) is 11.6. The summed E-state index contributed by atoms with van der Waals surface area (Å²) in [6.45, 7) is 2.46. The van der Waals surface area contributed by atoms with E-state index in [0.717, 1.165) is 70.2 Å². The van der Waals surface area contributed by atoms with E-state index < -0.39 is 0 Å². The van der Waals surface area contributed by atoms with Gasteiger partial charge in [0.2, 0.25) is 5.91 Å². The minimum absolute atomic E-state index is 0.0590. The Morgan fingerprint density at radius 2 is 2.04 bits per heavy atom. The number of carbonyl (C=O) groups excluding carboxylic acids is 1. The molecule has 0 bridgehead atoms. The molecule has 3 nitrogen and oxygen atoms in total. The van der Waals surface area contributed by atoms with Crippen LogP contribution in [0, 0.1) is 17.7 Å². The summed E-state index contributed by atoms with van der Waals surface area (Å²) < 4.78 is 19.6. The third kappa shape index (κ3) is 3.49. The molecule has 1 aliphatic carbocycles. The quantitative estimate of drug-likeness (QED) is 0.847. The highest BCUT2D eigenvalue weighted by atomic mass is 19.1. The normalized spacial score (nSPS) is 26.5.